The van der Waals surface area contributed by atoms with Gasteiger partial charge in [-0.3, -0.25) is 9.69 Å². The van der Waals surface area contributed by atoms with Crippen LogP contribution in [0.1, 0.15) is 25.6 Å². The number of aryl methyl sites for hydroxylation is 1. The average molecular weight is 382 g/mol. The SMILES string of the molecule is CCn1ccnc1CN1CCC[C@@H]1C(=O)Nc1ccc(-c2cscn2)cc1. The number of thiazole rings is 1. The fourth-order valence-corrected chi connectivity index (χ4v) is 4.14. The molecular formula is C20H23N5OS. The molecule has 27 heavy (non-hydrogen) atoms. The molecule has 6 nitrogen and oxygen atoms in total. The number of imidazole rings is 1. The van der Waals surface area contributed by atoms with Crippen molar-refractivity contribution in [2.45, 2.75) is 38.9 Å². The maximum atomic E-state index is 12.8. The highest BCUT2D eigenvalue weighted by atomic mass is 32.1. The third-order valence-electron chi connectivity index (χ3n) is 5.03. The van der Waals surface area contributed by atoms with Gasteiger partial charge in [-0.1, -0.05) is 12.1 Å². The summed E-state index contributed by atoms with van der Waals surface area (Å²) in [5.74, 6) is 1.08. The smallest absolute Gasteiger partial charge is 0.241 e. The first-order valence-electron chi connectivity index (χ1n) is 9.28. The minimum Gasteiger partial charge on any atom is -0.334 e. The van der Waals surface area contributed by atoms with Crippen LogP contribution in [0.25, 0.3) is 11.3 Å². The molecule has 1 N–H and O–H groups in total. The number of nitrogens with zero attached hydrogens (tertiary/aromatic N) is 4. The molecule has 0 aliphatic carbocycles. The Kier molecular flexibility index (Phi) is 5.31. The summed E-state index contributed by atoms with van der Waals surface area (Å²) >= 11 is 1.58. The van der Waals surface area contributed by atoms with Crippen LogP contribution in [0.3, 0.4) is 0 Å². The number of aromatic nitrogens is 3. The zero-order valence-electron chi connectivity index (χ0n) is 15.3. The van der Waals surface area contributed by atoms with Crippen LogP contribution < -0.4 is 5.32 Å². The zero-order valence-corrected chi connectivity index (χ0v) is 16.2. The van der Waals surface area contributed by atoms with Crippen LogP contribution in [0.4, 0.5) is 5.69 Å². The molecule has 0 saturated carbocycles. The van der Waals surface area contributed by atoms with Crippen LogP contribution in [-0.2, 0) is 17.9 Å². The highest BCUT2D eigenvalue weighted by Gasteiger charge is 2.31. The summed E-state index contributed by atoms with van der Waals surface area (Å²) in [6.07, 6.45) is 5.74. The molecule has 1 atom stereocenters. The summed E-state index contributed by atoms with van der Waals surface area (Å²) in [4.78, 5) is 23.8. The molecule has 3 heterocycles. The lowest BCUT2D eigenvalue weighted by atomic mass is 10.1. The first-order chi connectivity index (χ1) is 13.2. The number of carbonyl (C=O) groups excluding carboxylic acids is 1. The van der Waals surface area contributed by atoms with Crippen molar-refractivity contribution in [2.24, 2.45) is 0 Å². The summed E-state index contributed by atoms with van der Waals surface area (Å²) in [6, 6.07) is 7.76. The lowest BCUT2D eigenvalue weighted by molar-refractivity contribution is -0.120. The van der Waals surface area contributed by atoms with Crippen molar-refractivity contribution < 1.29 is 4.79 Å². The Bertz CT molecular complexity index is 888. The first-order valence-corrected chi connectivity index (χ1v) is 10.2. The van der Waals surface area contributed by atoms with Gasteiger partial charge in [0.05, 0.1) is 23.8 Å². The van der Waals surface area contributed by atoms with E-state index in [2.05, 4.69) is 31.7 Å². The summed E-state index contributed by atoms with van der Waals surface area (Å²) in [5.41, 5.74) is 4.67. The third-order valence-corrected chi connectivity index (χ3v) is 5.62. The number of likely N-dealkylation sites (tertiary alicyclic amines) is 1. The molecule has 7 heteroatoms. The van der Waals surface area contributed by atoms with Crippen LogP contribution in [0.2, 0.25) is 0 Å². The molecule has 4 rings (SSSR count). The third kappa shape index (κ3) is 3.94. The van der Waals surface area contributed by atoms with Crippen LogP contribution in [0.5, 0.6) is 0 Å². The number of carbonyl (C=O) groups is 1. The van der Waals surface area contributed by atoms with Gasteiger partial charge in [-0.2, -0.15) is 0 Å². The highest BCUT2D eigenvalue weighted by molar-refractivity contribution is 7.07. The predicted octanol–water partition coefficient (Wildman–Crippen LogP) is 3.63. The number of hydrogen-bond acceptors (Lipinski definition) is 5. The highest BCUT2D eigenvalue weighted by Crippen LogP contribution is 2.24. The number of nitrogens with one attached hydrogen (secondary N) is 1. The van der Waals surface area contributed by atoms with Gasteiger partial charge < -0.3 is 9.88 Å². The molecule has 0 radical (unpaired) electrons. The van der Waals surface area contributed by atoms with Crippen LogP contribution >= 0.6 is 11.3 Å². The second-order valence-corrected chi connectivity index (χ2v) is 7.42. The van der Waals surface area contributed by atoms with E-state index >= 15 is 0 Å². The molecule has 0 spiro atoms. The Labute approximate surface area is 162 Å². The number of rotatable bonds is 6. The second-order valence-electron chi connectivity index (χ2n) is 6.70. The number of anilines is 1. The van der Waals surface area contributed by atoms with Crippen LogP contribution in [0.15, 0.2) is 47.5 Å². The Morgan fingerprint density at radius 3 is 2.89 bits per heavy atom. The molecule has 1 aliphatic heterocycles. The minimum atomic E-state index is -0.106. The normalized spacial score (nSPS) is 17.3. The molecule has 0 unspecified atom stereocenters. The molecule has 1 aromatic carbocycles. The van der Waals surface area contributed by atoms with Gasteiger partial charge >= 0.3 is 0 Å². The molecule has 0 bridgehead atoms. The van der Waals surface area contributed by atoms with Crippen molar-refractivity contribution >= 4 is 22.9 Å². The van der Waals surface area contributed by atoms with E-state index < -0.39 is 0 Å². The summed E-state index contributed by atoms with van der Waals surface area (Å²) < 4.78 is 2.13. The number of amides is 1. The molecular weight excluding hydrogens is 358 g/mol. The second kappa shape index (κ2) is 8.02. The van der Waals surface area contributed by atoms with E-state index in [1.54, 1.807) is 11.3 Å². The van der Waals surface area contributed by atoms with E-state index in [0.717, 1.165) is 48.7 Å². The zero-order chi connectivity index (χ0) is 18.6. The lowest BCUT2D eigenvalue weighted by Gasteiger charge is -2.23. The Morgan fingerprint density at radius 1 is 1.30 bits per heavy atom. The Morgan fingerprint density at radius 2 is 2.15 bits per heavy atom. The molecule has 1 amide bonds. The largest absolute Gasteiger partial charge is 0.334 e. The quantitative estimate of drug-likeness (QED) is 0.708. The Hall–Kier alpha value is -2.51. The van der Waals surface area contributed by atoms with Gasteiger partial charge in [0.2, 0.25) is 5.91 Å². The summed E-state index contributed by atoms with van der Waals surface area (Å²) in [7, 11) is 0. The van der Waals surface area contributed by atoms with Gasteiger partial charge in [0.15, 0.2) is 0 Å². The van der Waals surface area contributed by atoms with Crippen molar-refractivity contribution in [2.75, 3.05) is 11.9 Å². The average Bonchev–Trinajstić information content (AvgIpc) is 3.44. The van der Waals surface area contributed by atoms with E-state index in [0.29, 0.717) is 6.54 Å². The van der Waals surface area contributed by atoms with Crippen molar-refractivity contribution in [3.05, 3.63) is 53.4 Å². The van der Waals surface area contributed by atoms with Crippen molar-refractivity contribution in [3.63, 3.8) is 0 Å². The summed E-state index contributed by atoms with van der Waals surface area (Å²) in [6.45, 7) is 4.64. The van der Waals surface area contributed by atoms with Gasteiger partial charge in [0.25, 0.3) is 0 Å². The molecule has 3 aromatic rings. The monoisotopic (exact) mass is 381 g/mol. The van der Waals surface area contributed by atoms with E-state index in [-0.39, 0.29) is 11.9 Å². The molecule has 1 saturated heterocycles. The number of benzene rings is 1. The lowest BCUT2D eigenvalue weighted by Crippen LogP contribution is -2.39. The van der Waals surface area contributed by atoms with Crippen LogP contribution in [-0.4, -0.2) is 37.9 Å². The van der Waals surface area contributed by atoms with Gasteiger partial charge in [-0.05, 0) is 38.4 Å². The van der Waals surface area contributed by atoms with Crippen molar-refractivity contribution in [1.29, 1.82) is 0 Å². The number of hydrogen-bond donors (Lipinski definition) is 1. The molecule has 1 fully saturated rings. The van der Waals surface area contributed by atoms with Gasteiger partial charge in [0, 0.05) is 35.6 Å². The first kappa shape index (κ1) is 17.9. The fourth-order valence-electron chi connectivity index (χ4n) is 3.58. The van der Waals surface area contributed by atoms with E-state index in [1.165, 1.54) is 0 Å². The van der Waals surface area contributed by atoms with Gasteiger partial charge in [0.1, 0.15) is 5.82 Å². The van der Waals surface area contributed by atoms with Crippen molar-refractivity contribution in [1.82, 2.24) is 19.4 Å². The standard InChI is InChI=1S/C20H23N5OS/c1-2-24-11-9-21-19(24)12-25-10-3-4-18(25)20(26)23-16-7-5-15(6-8-16)17-13-27-14-22-17/h5-9,11,13-14,18H,2-4,10,12H2,1H3,(H,23,26)/t18-/m1/s1. The maximum Gasteiger partial charge on any atom is 0.241 e. The predicted molar refractivity (Wildman–Crippen MR) is 108 cm³/mol. The Balaban J connectivity index is 1.41. The van der Waals surface area contributed by atoms with E-state index in [9.17, 15) is 4.79 Å². The molecule has 2 aromatic heterocycles. The van der Waals surface area contributed by atoms with Crippen molar-refractivity contribution in [3.8, 4) is 11.3 Å². The molecule has 140 valence electrons. The van der Waals surface area contributed by atoms with Gasteiger partial charge in [-0.15, -0.1) is 11.3 Å². The topological polar surface area (TPSA) is 63.1 Å². The van der Waals surface area contributed by atoms with E-state index in [1.807, 2.05) is 47.5 Å². The fraction of sp³-hybridized carbons (Fsp3) is 0.350. The van der Waals surface area contributed by atoms with Crippen LogP contribution in [0, 0.1) is 0 Å². The minimum absolute atomic E-state index is 0.0588. The molecule has 1 aliphatic rings. The van der Waals surface area contributed by atoms with Gasteiger partial charge in [-0.25, -0.2) is 9.97 Å². The maximum absolute atomic E-state index is 12.8. The summed E-state index contributed by atoms with van der Waals surface area (Å²) in [5, 5.41) is 5.09. The van der Waals surface area contributed by atoms with E-state index in [4.69, 9.17) is 0 Å².